The Hall–Kier alpha value is -3.27. The zero-order valence-corrected chi connectivity index (χ0v) is 17.0. The quantitative estimate of drug-likeness (QED) is 0.445. The van der Waals surface area contributed by atoms with Gasteiger partial charge in [0.25, 0.3) is 0 Å². The highest BCUT2D eigenvalue weighted by molar-refractivity contribution is 5.36. The van der Waals surface area contributed by atoms with E-state index < -0.39 is 41.1 Å². The van der Waals surface area contributed by atoms with Crippen LogP contribution in [0.4, 0.5) is 26.3 Å². The zero-order valence-electron chi connectivity index (χ0n) is 17.0. The molecule has 4 nitrogen and oxygen atoms in total. The van der Waals surface area contributed by atoms with Gasteiger partial charge in [0.1, 0.15) is 18.6 Å². The number of fused-ring (bicyclic) bond motifs is 1. The molecule has 0 fully saturated rings. The first-order chi connectivity index (χ1) is 15.5. The summed E-state index contributed by atoms with van der Waals surface area (Å²) in [4.78, 5) is 14.4. The van der Waals surface area contributed by atoms with Gasteiger partial charge in [-0.15, -0.1) is 0 Å². The lowest BCUT2D eigenvalue weighted by atomic mass is 10.0. The van der Waals surface area contributed by atoms with Crippen LogP contribution in [0, 0.1) is 0 Å². The van der Waals surface area contributed by atoms with E-state index in [1.807, 2.05) is 24.3 Å². The van der Waals surface area contributed by atoms with Crippen molar-refractivity contribution in [3.63, 3.8) is 0 Å². The Morgan fingerprint density at radius 2 is 1.58 bits per heavy atom. The van der Waals surface area contributed by atoms with Gasteiger partial charge in [-0.3, -0.25) is 9.69 Å². The molecule has 0 radical (unpaired) electrons. The highest BCUT2D eigenvalue weighted by Gasteiger charge is 2.38. The molecule has 0 unspecified atom stereocenters. The van der Waals surface area contributed by atoms with Crippen LogP contribution in [0.15, 0.2) is 64.0 Å². The fraction of sp³-hybridized carbons (Fsp3) is 0.261. The van der Waals surface area contributed by atoms with Crippen molar-refractivity contribution < 1.29 is 35.5 Å². The Kier molecular flexibility index (Phi) is 5.96. The molecular formula is C23H17F6NO3. The van der Waals surface area contributed by atoms with Gasteiger partial charge < -0.3 is 9.15 Å². The van der Waals surface area contributed by atoms with Crippen molar-refractivity contribution in [3.8, 4) is 5.75 Å². The molecule has 0 saturated heterocycles. The van der Waals surface area contributed by atoms with Gasteiger partial charge in [0, 0.05) is 24.7 Å². The Bertz CT molecular complexity index is 1190. The smallest absolute Gasteiger partial charge is 0.416 e. The second-order valence-electron chi connectivity index (χ2n) is 7.64. The van der Waals surface area contributed by atoms with Crippen LogP contribution in [-0.4, -0.2) is 4.90 Å². The monoisotopic (exact) mass is 469 g/mol. The number of benzene rings is 2. The van der Waals surface area contributed by atoms with E-state index in [0.717, 1.165) is 6.26 Å². The fourth-order valence-electron chi connectivity index (χ4n) is 3.66. The van der Waals surface area contributed by atoms with Gasteiger partial charge in [-0.1, -0.05) is 30.3 Å². The summed E-state index contributed by atoms with van der Waals surface area (Å²) in [6.07, 6.45) is -8.95. The number of alkyl halides is 6. The molecular weight excluding hydrogens is 452 g/mol. The lowest BCUT2D eigenvalue weighted by Crippen LogP contribution is -2.18. The maximum Gasteiger partial charge on any atom is 0.416 e. The lowest BCUT2D eigenvalue weighted by Gasteiger charge is -2.16. The predicted octanol–water partition coefficient (Wildman–Crippen LogP) is 5.77. The maximum atomic E-state index is 13.3. The minimum absolute atomic E-state index is 0.0261. The van der Waals surface area contributed by atoms with Crippen LogP contribution >= 0.6 is 0 Å². The lowest BCUT2D eigenvalue weighted by molar-refractivity contribution is -0.143. The van der Waals surface area contributed by atoms with Crippen LogP contribution in [0.1, 0.15) is 33.6 Å². The topological polar surface area (TPSA) is 42.7 Å². The summed E-state index contributed by atoms with van der Waals surface area (Å²) < 4.78 is 88.7. The highest BCUT2D eigenvalue weighted by Crippen LogP contribution is 2.37. The van der Waals surface area contributed by atoms with Crippen LogP contribution in [0.2, 0.25) is 0 Å². The molecule has 2 aromatic carbocycles. The molecule has 0 N–H and O–H groups in total. The molecule has 0 bridgehead atoms. The molecule has 0 atom stereocenters. The molecule has 0 aliphatic carbocycles. The van der Waals surface area contributed by atoms with Gasteiger partial charge >= 0.3 is 12.4 Å². The number of halogens is 6. The van der Waals surface area contributed by atoms with E-state index in [4.69, 9.17) is 9.15 Å². The van der Waals surface area contributed by atoms with Gasteiger partial charge in [0.15, 0.2) is 0 Å². The van der Waals surface area contributed by atoms with E-state index in [2.05, 4.69) is 4.90 Å². The minimum atomic E-state index is -5.03. The summed E-state index contributed by atoms with van der Waals surface area (Å²) in [5.74, 6) is 0.0159. The third kappa shape index (κ3) is 5.22. The third-order valence-electron chi connectivity index (χ3n) is 5.26. The number of ether oxygens (including phenoxy) is 1. The normalized spacial score (nSPS) is 14.4. The average Bonchev–Trinajstić information content (AvgIpc) is 3.14. The van der Waals surface area contributed by atoms with Crippen molar-refractivity contribution in [2.45, 2.75) is 38.6 Å². The second-order valence-corrected chi connectivity index (χ2v) is 7.64. The summed E-state index contributed by atoms with van der Waals surface area (Å²) in [5.41, 5.74) is -1.69. The average molecular weight is 469 g/mol. The Morgan fingerprint density at radius 1 is 0.909 bits per heavy atom. The molecule has 0 amide bonds. The van der Waals surface area contributed by atoms with Crippen LogP contribution in [0.5, 0.6) is 5.75 Å². The van der Waals surface area contributed by atoms with Crippen molar-refractivity contribution in [1.29, 1.82) is 0 Å². The van der Waals surface area contributed by atoms with Crippen molar-refractivity contribution in [1.82, 2.24) is 4.90 Å². The number of nitrogens with zero attached hydrogens (tertiary/aromatic N) is 1. The molecule has 33 heavy (non-hydrogen) atoms. The largest absolute Gasteiger partial charge is 0.482 e. The number of rotatable bonds is 5. The van der Waals surface area contributed by atoms with E-state index in [0.29, 0.717) is 37.5 Å². The standard InChI is InChI=1S/C23H17F6NO3/c24-22(25,26)17-6-5-16(19(7-17)23(27,28)29)12-33-21-13-32-18(8-20(21)31)11-30-9-14-3-1-2-4-15(14)10-30/h1-8,13H,9-12H2. The summed E-state index contributed by atoms with van der Waals surface area (Å²) in [7, 11) is 0. The Morgan fingerprint density at radius 3 is 2.15 bits per heavy atom. The molecule has 0 spiro atoms. The molecule has 0 saturated carbocycles. The van der Waals surface area contributed by atoms with Crippen LogP contribution in [0.3, 0.4) is 0 Å². The van der Waals surface area contributed by atoms with E-state index in [1.54, 1.807) is 0 Å². The summed E-state index contributed by atoms with van der Waals surface area (Å²) in [6.45, 7) is 0.971. The van der Waals surface area contributed by atoms with Gasteiger partial charge in [-0.25, -0.2) is 0 Å². The van der Waals surface area contributed by atoms with Gasteiger partial charge in [-0.05, 0) is 23.3 Å². The summed E-state index contributed by atoms with van der Waals surface area (Å²) in [5, 5.41) is 0. The van der Waals surface area contributed by atoms with Crippen LogP contribution < -0.4 is 10.2 Å². The first-order valence-electron chi connectivity index (χ1n) is 9.81. The Labute approximate surface area is 184 Å². The van der Waals surface area contributed by atoms with Gasteiger partial charge in [0.2, 0.25) is 11.2 Å². The maximum absolute atomic E-state index is 13.3. The predicted molar refractivity (Wildman–Crippen MR) is 105 cm³/mol. The van der Waals surface area contributed by atoms with E-state index in [-0.39, 0.29) is 11.8 Å². The van der Waals surface area contributed by atoms with Gasteiger partial charge in [-0.2, -0.15) is 26.3 Å². The first-order valence-corrected chi connectivity index (χ1v) is 9.81. The number of hydrogen-bond donors (Lipinski definition) is 0. The highest BCUT2D eigenvalue weighted by atomic mass is 19.4. The third-order valence-corrected chi connectivity index (χ3v) is 5.26. The second kappa shape index (κ2) is 8.58. The molecule has 1 aromatic heterocycles. The Balaban J connectivity index is 1.46. The molecule has 2 heterocycles. The zero-order chi connectivity index (χ0) is 23.8. The van der Waals surface area contributed by atoms with Crippen molar-refractivity contribution >= 4 is 0 Å². The van der Waals surface area contributed by atoms with E-state index in [1.165, 1.54) is 17.2 Å². The molecule has 174 valence electrons. The van der Waals surface area contributed by atoms with Crippen molar-refractivity contribution in [2.24, 2.45) is 0 Å². The van der Waals surface area contributed by atoms with E-state index >= 15 is 0 Å². The number of hydrogen-bond acceptors (Lipinski definition) is 4. The SMILES string of the molecule is O=c1cc(CN2Cc3ccccc3C2)occ1OCc1ccc(C(F)(F)F)cc1C(F)(F)F. The molecule has 1 aliphatic heterocycles. The molecule has 4 rings (SSSR count). The van der Waals surface area contributed by atoms with Crippen molar-refractivity contribution in [2.75, 3.05) is 0 Å². The van der Waals surface area contributed by atoms with Crippen LogP contribution in [-0.2, 0) is 38.6 Å². The van der Waals surface area contributed by atoms with Crippen LogP contribution in [0.25, 0.3) is 0 Å². The molecule has 1 aliphatic rings. The molecule has 10 heteroatoms. The summed E-state index contributed by atoms with van der Waals surface area (Å²) >= 11 is 0. The molecule has 3 aromatic rings. The fourth-order valence-corrected chi connectivity index (χ4v) is 3.66. The first kappa shape index (κ1) is 22.9. The van der Waals surface area contributed by atoms with Crippen molar-refractivity contribution in [3.05, 3.63) is 98.6 Å². The summed E-state index contributed by atoms with van der Waals surface area (Å²) in [6, 6.07) is 10.3. The van der Waals surface area contributed by atoms with E-state index in [9.17, 15) is 31.1 Å². The minimum Gasteiger partial charge on any atom is -0.482 e. The van der Waals surface area contributed by atoms with Gasteiger partial charge in [0.05, 0.1) is 17.7 Å².